The molecule has 0 aliphatic heterocycles. The molecule has 2 aromatic rings. The summed E-state index contributed by atoms with van der Waals surface area (Å²) in [5.74, 6) is 2.08. The average molecular weight is 469 g/mol. The van der Waals surface area contributed by atoms with Gasteiger partial charge in [-0.3, -0.25) is 4.99 Å². The van der Waals surface area contributed by atoms with Crippen LogP contribution >= 0.6 is 24.0 Å². The minimum absolute atomic E-state index is 0. The van der Waals surface area contributed by atoms with Gasteiger partial charge in [0.25, 0.3) is 0 Å². The number of nitrogens with one attached hydrogen (secondary N) is 2. The second-order valence-corrected chi connectivity index (χ2v) is 6.27. The molecular weight excluding hydrogens is 444 g/mol. The second-order valence-electron chi connectivity index (χ2n) is 6.27. The van der Waals surface area contributed by atoms with Gasteiger partial charge >= 0.3 is 0 Å². The number of ether oxygens (including phenoxy) is 1. The standard InChI is InChI=1S/C20H24FN3O.HI/c1-22-20(23-12-16-5-4-7-18(21)11-16)24-13-17-6-2-3-8-19(17)25-14-15-9-10-15;/h2-8,11,15H,9-10,12-14H2,1H3,(H2,22,23,24);1H. The Hall–Kier alpha value is -1.83. The van der Waals surface area contributed by atoms with Crippen LogP contribution < -0.4 is 15.4 Å². The van der Waals surface area contributed by atoms with Crippen LogP contribution in [-0.4, -0.2) is 19.6 Å². The Morgan fingerprint density at radius 3 is 2.62 bits per heavy atom. The highest BCUT2D eigenvalue weighted by molar-refractivity contribution is 14.0. The largest absolute Gasteiger partial charge is 0.493 e. The van der Waals surface area contributed by atoms with E-state index in [9.17, 15) is 4.39 Å². The van der Waals surface area contributed by atoms with Gasteiger partial charge in [0, 0.05) is 25.7 Å². The number of benzene rings is 2. The van der Waals surface area contributed by atoms with Gasteiger partial charge in [-0.1, -0.05) is 30.3 Å². The van der Waals surface area contributed by atoms with Crippen molar-refractivity contribution in [2.45, 2.75) is 25.9 Å². The lowest BCUT2D eigenvalue weighted by Gasteiger charge is -2.15. The van der Waals surface area contributed by atoms with Gasteiger partial charge in [-0.15, -0.1) is 24.0 Å². The highest BCUT2D eigenvalue weighted by atomic mass is 127. The van der Waals surface area contributed by atoms with Crippen LogP contribution in [0, 0.1) is 11.7 Å². The van der Waals surface area contributed by atoms with E-state index in [0.29, 0.717) is 19.0 Å². The first-order chi connectivity index (χ1) is 12.2. The van der Waals surface area contributed by atoms with Crippen molar-refractivity contribution < 1.29 is 9.13 Å². The Morgan fingerprint density at radius 2 is 1.88 bits per heavy atom. The first-order valence-corrected chi connectivity index (χ1v) is 8.64. The van der Waals surface area contributed by atoms with Crippen LogP contribution in [0.3, 0.4) is 0 Å². The molecule has 0 atom stereocenters. The zero-order valence-corrected chi connectivity index (χ0v) is 17.2. The number of hydrogen-bond acceptors (Lipinski definition) is 2. The van der Waals surface area contributed by atoms with Gasteiger partial charge in [-0.2, -0.15) is 0 Å². The predicted molar refractivity (Wildman–Crippen MR) is 114 cm³/mol. The minimum atomic E-state index is -0.232. The molecule has 6 heteroatoms. The van der Waals surface area contributed by atoms with E-state index in [4.69, 9.17) is 4.74 Å². The van der Waals surface area contributed by atoms with E-state index in [2.05, 4.69) is 21.7 Å². The molecule has 0 bridgehead atoms. The average Bonchev–Trinajstić information content (AvgIpc) is 3.45. The van der Waals surface area contributed by atoms with Gasteiger partial charge in [-0.25, -0.2) is 4.39 Å². The van der Waals surface area contributed by atoms with Crippen molar-refractivity contribution in [2.24, 2.45) is 10.9 Å². The van der Waals surface area contributed by atoms with Crippen molar-refractivity contribution in [3.8, 4) is 5.75 Å². The first kappa shape index (κ1) is 20.5. The Labute approximate surface area is 171 Å². The summed E-state index contributed by atoms with van der Waals surface area (Å²) in [6.07, 6.45) is 2.55. The van der Waals surface area contributed by atoms with E-state index >= 15 is 0 Å². The fraction of sp³-hybridized carbons (Fsp3) is 0.350. The van der Waals surface area contributed by atoms with E-state index in [1.54, 1.807) is 13.1 Å². The molecule has 1 aliphatic carbocycles. The quantitative estimate of drug-likeness (QED) is 0.365. The molecule has 2 N–H and O–H groups in total. The van der Waals surface area contributed by atoms with Crippen LogP contribution in [0.25, 0.3) is 0 Å². The second kappa shape index (κ2) is 10.4. The first-order valence-electron chi connectivity index (χ1n) is 8.64. The Morgan fingerprint density at radius 1 is 1.12 bits per heavy atom. The maximum Gasteiger partial charge on any atom is 0.191 e. The summed E-state index contributed by atoms with van der Waals surface area (Å²) in [7, 11) is 1.72. The smallest absolute Gasteiger partial charge is 0.191 e. The molecule has 4 nitrogen and oxygen atoms in total. The summed E-state index contributed by atoms with van der Waals surface area (Å²) in [4.78, 5) is 4.21. The third-order valence-electron chi connectivity index (χ3n) is 4.16. The van der Waals surface area contributed by atoms with Crippen molar-refractivity contribution in [2.75, 3.05) is 13.7 Å². The molecule has 1 fully saturated rings. The number of aliphatic imine (C=N–C) groups is 1. The highest BCUT2D eigenvalue weighted by Gasteiger charge is 2.22. The van der Waals surface area contributed by atoms with Crippen molar-refractivity contribution in [1.29, 1.82) is 0 Å². The SMILES string of the molecule is CN=C(NCc1cccc(F)c1)NCc1ccccc1OCC1CC1.I. The maximum absolute atomic E-state index is 13.2. The lowest BCUT2D eigenvalue weighted by atomic mass is 10.2. The molecule has 0 spiro atoms. The van der Waals surface area contributed by atoms with Gasteiger partial charge in [0.1, 0.15) is 11.6 Å². The van der Waals surface area contributed by atoms with Gasteiger partial charge in [-0.05, 0) is 42.5 Å². The zero-order chi connectivity index (χ0) is 17.5. The third-order valence-corrected chi connectivity index (χ3v) is 4.16. The molecule has 1 saturated carbocycles. The number of hydrogen-bond donors (Lipinski definition) is 2. The molecule has 2 aromatic carbocycles. The number of para-hydroxylation sites is 1. The third kappa shape index (κ3) is 6.48. The van der Waals surface area contributed by atoms with Crippen LogP contribution in [0.1, 0.15) is 24.0 Å². The normalized spacial score (nSPS) is 13.7. The van der Waals surface area contributed by atoms with E-state index in [-0.39, 0.29) is 29.8 Å². The van der Waals surface area contributed by atoms with E-state index in [1.807, 2.05) is 24.3 Å². The predicted octanol–water partition coefficient (Wildman–Crippen LogP) is 4.10. The Bertz CT molecular complexity index is 735. The van der Waals surface area contributed by atoms with Crippen molar-refractivity contribution in [3.63, 3.8) is 0 Å². The van der Waals surface area contributed by atoms with Gasteiger partial charge < -0.3 is 15.4 Å². The molecule has 3 rings (SSSR count). The lowest BCUT2D eigenvalue weighted by molar-refractivity contribution is 0.296. The van der Waals surface area contributed by atoms with Crippen LogP contribution in [0.5, 0.6) is 5.75 Å². The summed E-state index contributed by atoms with van der Waals surface area (Å²) in [5.41, 5.74) is 1.97. The number of halogens is 2. The zero-order valence-electron chi connectivity index (χ0n) is 14.9. The fourth-order valence-electron chi connectivity index (χ4n) is 2.52. The summed E-state index contributed by atoms with van der Waals surface area (Å²) in [5, 5.41) is 6.47. The molecule has 0 amide bonds. The maximum atomic E-state index is 13.2. The molecule has 26 heavy (non-hydrogen) atoms. The summed E-state index contributed by atoms with van der Waals surface area (Å²) < 4.78 is 19.2. The monoisotopic (exact) mass is 469 g/mol. The molecular formula is C20H25FIN3O. The van der Waals surface area contributed by atoms with Gasteiger partial charge in [0.05, 0.1) is 6.61 Å². The van der Waals surface area contributed by atoms with Crippen LogP contribution in [0.15, 0.2) is 53.5 Å². The van der Waals surface area contributed by atoms with Gasteiger partial charge in [0.15, 0.2) is 5.96 Å². The van der Waals surface area contributed by atoms with Crippen LogP contribution in [-0.2, 0) is 13.1 Å². The molecule has 0 heterocycles. The molecule has 0 unspecified atom stereocenters. The highest BCUT2D eigenvalue weighted by Crippen LogP contribution is 2.30. The molecule has 0 aromatic heterocycles. The lowest BCUT2D eigenvalue weighted by Crippen LogP contribution is -2.36. The molecule has 0 radical (unpaired) electrons. The summed E-state index contributed by atoms with van der Waals surface area (Å²) in [6.45, 7) is 1.92. The topological polar surface area (TPSA) is 45.7 Å². The summed E-state index contributed by atoms with van der Waals surface area (Å²) in [6, 6.07) is 14.6. The minimum Gasteiger partial charge on any atom is -0.493 e. The number of guanidine groups is 1. The molecule has 1 aliphatic rings. The van der Waals surface area contributed by atoms with E-state index in [1.165, 1.54) is 25.0 Å². The van der Waals surface area contributed by atoms with Crippen molar-refractivity contribution in [3.05, 3.63) is 65.5 Å². The van der Waals surface area contributed by atoms with Crippen molar-refractivity contribution >= 4 is 29.9 Å². The van der Waals surface area contributed by atoms with E-state index in [0.717, 1.165) is 29.4 Å². The van der Waals surface area contributed by atoms with Crippen LogP contribution in [0.4, 0.5) is 4.39 Å². The van der Waals surface area contributed by atoms with Crippen molar-refractivity contribution in [1.82, 2.24) is 10.6 Å². The Balaban J connectivity index is 0.00000243. The molecule has 0 saturated heterocycles. The van der Waals surface area contributed by atoms with Crippen LogP contribution in [0.2, 0.25) is 0 Å². The van der Waals surface area contributed by atoms with E-state index < -0.39 is 0 Å². The number of nitrogens with zero attached hydrogens (tertiary/aromatic N) is 1. The summed E-state index contributed by atoms with van der Waals surface area (Å²) >= 11 is 0. The molecule has 140 valence electrons. The Kier molecular flexibility index (Phi) is 8.15. The fourth-order valence-corrected chi connectivity index (χ4v) is 2.52. The van der Waals surface area contributed by atoms with Gasteiger partial charge in [0.2, 0.25) is 0 Å². The number of rotatable bonds is 7.